The van der Waals surface area contributed by atoms with Crippen molar-refractivity contribution in [1.29, 1.82) is 5.26 Å². The van der Waals surface area contributed by atoms with E-state index in [1.807, 2.05) is 0 Å². The molecule has 0 aromatic rings. The van der Waals surface area contributed by atoms with Crippen LogP contribution in [0, 0.1) is 16.7 Å². The predicted octanol–water partition coefficient (Wildman–Crippen LogP) is 4.09. The summed E-state index contributed by atoms with van der Waals surface area (Å²) in [5.41, 5.74) is -0.171. The minimum absolute atomic E-state index is 0.171. The number of nitriles is 1. The Morgan fingerprint density at radius 3 is 2.12 bits per heavy atom. The van der Waals surface area contributed by atoms with Crippen molar-refractivity contribution in [3.63, 3.8) is 0 Å². The topological polar surface area (TPSA) is 33.0 Å². The van der Waals surface area contributed by atoms with Crippen LogP contribution in [0.2, 0.25) is 18.1 Å². The van der Waals surface area contributed by atoms with Gasteiger partial charge in [-0.1, -0.05) is 33.6 Å². The van der Waals surface area contributed by atoms with Crippen molar-refractivity contribution in [1.82, 2.24) is 0 Å². The summed E-state index contributed by atoms with van der Waals surface area (Å²) in [7, 11) is -1.69. The molecular formula is C13H25NOSi. The molecular weight excluding hydrogens is 214 g/mol. The highest BCUT2D eigenvalue weighted by molar-refractivity contribution is 6.74. The Morgan fingerprint density at radius 2 is 1.75 bits per heavy atom. The molecule has 1 saturated carbocycles. The smallest absolute Gasteiger partial charge is 0.192 e. The summed E-state index contributed by atoms with van der Waals surface area (Å²) < 4.78 is 6.19. The van der Waals surface area contributed by atoms with Crippen molar-refractivity contribution in [2.24, 2.45) is 5.41 Å². The van der Waals surface area contributed by atoms with Gasteiger partial charge in [0.25, 0.3) is 0 Å². The summed E-state index contributed by atoms with van der Waals surface area (Å²) in [6, 6.07) is 2.50. The van der Waals surface area contributed by atoms with Gasteiger partial charge in [-0.05, 0) is 31.0 Å². The van der Waals surface area contributed by atoms with E-state index in [0.717, 1.165) is 12.8 Å². The first-order valence-corrected chi connectivity index (χ1v) is 9.19. The molecule has 0 bridgehead atoms. The molecule has 1 aliphatic rings. The molecule has 1 aliphatic carbocycles. The number of nitrogens with zero attached hydrogens (tertiary/aromatic N) is 1. The molecule has 92 valence electrons. The Balaban J connectivity index is 2.60. The number of rotatable bonds is 3. The zero-order chi connectivity index (χ0) is 12.4. The summed E-state index contributed by atoms with van der Waals surface area (Å²) in [6.45, 7) is 11.9. The maximum atomic E-state index is 9.30. The van der Waals surface area contributed by atoms with Crippen LogP contribution >= 0.6 is 0 Å². The van der Waals surface area contributed by atoms with E-state index in [-0.39, 0.29) is 10.5 Å². The van der Waals surface area contributed by atoms with Crippen LogP contribution in [0.4, 0.5) is 0 Å². The van der Waals surface area contributed by atoms with Crippen molar-refractivity contribution in [3.05, 3.63) is 0 Å². The van der Waals surface area contributed by atoms with Gasteiger partial charge in [0.1, 0.15) is 0 Å². The predicted molar refractivity (Wildman–Crippen MR) is 69.7 cm³/mol. The van der Waals surface area contributed by atoms with Gasteiger partial charge in [-0.25, -0.2) is 0 Å². The molecule has 0 spiro atoms. The van der Waals surface area contributed by atoms with Gasteiger partial charge in [-0.3, -0.25) is 0 Å². The van der Waals surface area contributed by atoms with Gasteiger partial charge in [0.05, 0.1) is 18.1 Å². The molecule has 0 saturated heterocycles. The van der Waals surface area contributed by atoms with E-state index >= 15 is 0 Å². The van der Waals surface area contributed by atoms with Gasteiger partial charge < -0.3 is 4.43 Å². The Morgan fingerprint density at radius 1 is 1.25 bits per heavy atom. The molecule has 0 heterocycles. The standard InChI is InChI=1S/C13H25NOSi/c1-12(2,3)16(4,5)15-11-13(10-14)8-6-7-9-13/h6-9,11H2,1-5H3. The fourth-order valence-corrected chi connectivity index (χ4v) is 2.95. The van der Waals surface area contributed by atoms with E-state index in [1.165, 1.54) is 12.8 Å². The van der Waals surface area contributed by atoms with E-state index < -0.39 is 8.32 Å². The van der Waals surface area contributed by atoms with Gasteiger partial charge in [0.15, 0.2) is 8.32 Å². The highest BCUT2D eigenvalue weighted by Gasteiger charge is 2.41. The Kier molecular flexibility index (Phi) is 3.86. The average molecular weight is 239 g/mol. The van der Waals surface area contributed by atoms with E-state index in [9.17, 15) is 5.26 Å². The fraction of sp³-hybridized carbons (Fsp3) is 0.923. The lowest BCUT2D eigenvalue weighted by molar-refractivity contribution is 0.184. The molecule has 0 aromatic carbocycles. The Labute approximate surface area is 101 Å². The second kappa shape index (κ2) is 4.50. The molecule has 0 amide bonds. The Bertz CT molecular complexity index is 279. The maximum absolute atomic E-state index is 9.30. The first-order chi connectivity index (χ1) is 7.22. The molecule has 1 rings (SSSR count). The lowest BCUT2D eigenvalue weighted by Crippen LogP contribution is -2.43. The number of hydrogen-bond acceptors (Lipinski definition) is 2. The second-order valence-corrected chi connectivity index (χ2v) is 11.5. The minimum Gasteiger partial charge on any atom is -0.415 e. The first-order valence-electron chi connectivity index (χ1n) is 6.28. The van der Waals surface area contributed by atoms with E-state index in [4.69, 9.17) is 4.43 Å². The summed E-state index contributed by atoms with van der Waals surface area (Å²) in [6.07, 6.45) is 4.43. The maximum Gasteiger partial charge on any atom is 0.192 e. The van der Waals surface area contributed by atoms with E-state index in [1.54, 1.807) is 0 Å². The zero-order valence-electron chi connectivity index (χ0n) is 11.4. The van der Waals surface area contributed by atoms with Crippen molar-refractivity contribution in [3.8, 4) is 6.07 Å². The average Bonchev–Trinajstić information content (AvgIpc) is 2.62. The molecule has 0 radical (unpaired) electrons. The molecule has 2 nitrogen and oxygen atoms in total. The van der Waals surface area contributed by atoms with Crippen LogP contribution in [0.5, 0.6) is 0 Å². The number of hydrogen-bond donors (Lipinski definition) is 0. The first kappa shape index (κ1) is 13.7. The third-order valence-electron chi connectivity index (χ3n) is 4.31. The molecule has 3 heteroatoms. The van der Waals surface area contributed by atoms with Gasteiger partial charge in [0.2, 0.25) is 0 Å². The normalized spacial score (nSPS) is 20.8. The SMILES string of the molecule is CC(C)(C)[Si](C)(C)OCC1(C#N)CCCC1. The van der Waals surface area contributed by atoms with Gasteiger partial charge in [-0.15, -0.1) is 0 Å². The second-order valence-electron chi connectivity index (χ2n) is 6.65. The lowest BCUT2D eigenvalue weighted by atomic mass is 9.90. The summed E-state index contributed by atoms with van der Waals surface area (Å²) >= 11 is 0. The molecule has 0 aliphatic heterocycles. The largest absolute Gasteiger partial charge is 0.415 e. The Hall–Kier alpha value is -0.333. The third kappa shape index (κ3) is 2.86. The quantitative estimate of drug-likeness (QED) is 0.695. The lowest BCUT2D eigenvalue weighted by Gasteiger charge is -2.38. The molecule has 0 unspecified atom stereocenters. The molecule has 0 aromatic heterocycles. The zero-order valence-corrected chi connectivity index (χ0v) is 12.4. The van der Waals surface area contributed by atoms with Crippen LogP contribution in [0.15, 0.2) is 0 Å². The molecule has 1 fully saturated rings. The van der Waals surface area contributed by atoms with E-state index in [0.29, 0.717) is 6.61 Å². The highest BCUT2D eigenvalue weighted by Crippen LogP contribution is 2.41. The van der Waals surface area contributed by atoms with E-state index in [2.05, 4.69) is 39.9 Å². The summed E-state index contributed by atoms with van der Waals surface area (Å²) in [5.74, 6) is 0. The fourth-order valence-electron chi connectivity index (χ4n) is 1.88. The van der Waals surface area contributed by atoms with Gasteiger partial charge in [-0.2, -0.15) is 5.26 Å². The third-order valence-corrected chi connectivity index (χ3v) is 8.79. The van der Waals surface area contributed by atoms with Crippen LogP contribution in [0.1, 0.15) is 46.5 Å². The van der Waals surface area contributed by atoms with Gasteiger partial charge in [0, 0.05) is 0 Å². The van der Waals surface area contributed by atoms with Crippen LogP contribution in [0.3, 0.4) is 0 Å². The van der Waals surface area contributed by atoms with Crippen LogP contribution in [-0.4, -0.2) is 14.9 Å². The van der Waals surface area contributed by atoms with Crippen molar-refractivity contribution < 1.29 is 4.43 Å². The molecule has 0 atom stereocenters. The van der Waals surface area contributed by atoms with Crippen LogP contribution in [0.25, 0.3) is 0 Å². The minimum atomic E-state index is -1.69. The summed E-state index contributed by atoms with van der Waals surface area (Å²) in [4.78, 5) is 0. The highest BCUT2D eigenvalue weighted by atomic mass is 28.4. The monoisotopic (exact) mass is 239 g/mol. The van der Waals surface area contributed by atoms with Crippen molar-refractivity contribution in [2.75, 3.05) is 6.61 Å². The van der Waals surface area contributed by atoms with Crippen LogP contribution in [-0.2, 0) is 4.43 Å². The molecule has 0 N–H and O–H groups in total. The van der Waals surface area contributed by atoms with Gasteiger partial charge >= 0.3 is 0 Å². The molecule has 16 heavy (non-hydrogen) atoms. The summed E-state index contributed by atoms with van der Waals surface area (Å²) in [5, 5.41) is 9.54. The van der Waals surface area contributed by atoms with Crippen molar-refractivity contribution in [2.45, 2.75) is 64.6 Å². The van der Waals surface area contributed by atoms with Crippen LogP contribution < -0.4 is 0 Å². The van der Waals surface area contributed by atoms with Crippen molar-refractivity contribution >= 4 is 8.32 Å².